The summed E-state index contributed by atoms with van der Waals surface area (Å²) in [5, 5.41) is 23.3. The molecule has 1 aliphatic heterocycles. The van der Waals surface area contributed by atoms with E-state index < -0.39 is 0 Å². The average Bonchev–Trinajstić information content (AvgIpc) is 2.84. The minimum Gasteiger partial charge on any atom is -0.506 e. The lowest BCUT2D eigenvalue weighted by atomic mass is 9.93. The Bertz CT molecular complexity index is 651. The zero-order valence-electron chi connectivity index (χ0n) is 11.6. The number of nitrogens with zero attached hydrogens (tertiary/aromatic N) is 3. The normalized spacial score (nSPS) is 18.1. The molecule has 1 atom stereocenters. The van der Waals surface area contributed by atoms with Gasteiger partial charge >= 0.3 is 0 Å². The molecular weight excluding hydrogens is 256 g/mol. The zero-order valence-corrected chi connectivity index (χ0v) is 11.6. The highest BCUT2D eigenvalue weighted by Gasteiger charge is 2.29. The number of aliphatic hydroxyl groups is 1. The average molecular weight is 274 g/mol. The number of imidazole rings is 1. The van der Waals surface area contributed by atoms with Gasteiger partial charge in [0.15, 0.2) is 0 Å². The van der Waals surface area contributed by atoms with E-state index in [2.05, 4.69) is 15.3 Å². The van der Waals surface area contributed by atoms with E-state index >= 15 is 0 Å². The van der Waals surface area contributed by atoms with Gasteiger partial charge in [-0.3, -0.25) is 4.98 Å². The Balaban J connectivity index is 2.20. The van der Waals surface area contributed by atoms with Gasteiger partial charge in [0.1, 0.15) is 5.75 Å². The van der Waals surface area contributed by atoms with Crippen molar-refractivity contribution in [2.45, 2.75) is 26.0 Å². The van der Waals surface area contributed by atoms with Gasteiger partial charge in [-0.25, -0.2) is 4.98 Å². The van der Waals surface area contributed by atoms with Gasteiger partial charge in [-0.2, -0.15) is 0 Å². The van der Waals surface area contributed by atoms with Gasteiger partial charge in [-0.1, -0.05) is 0 Å². The Kier molecular flexibility index (Phi) is 3.19. The summed E-state index contributed by atoms with van der Waals surface area (Å²) >= 11 is 0. The van der Waals surface area contributed by atoms with E-state index in [9.17, 15) is 10.2 Å². The number of hydrogen-bond acceptors (Lipinski definition) is 5. The molecule has 1 aliphatic rings. The van der Waals surface area contributed by atoms with Gasteiger partial charge in [-0.05, 0) is 6.92 Å². The molecule has 6 heteroatoms. The van der Waals surface area contributed by atoms with Crippen LogP contribution in [0.2, 0.25) is 0 Å². The van der Waals surface area contributed by atoms with Crippen LogP contribution in [0.25, 0.3) is 0 Å². The number of aryl methyl sites for hydroxylation is 2. The smallest absolute Gasteiger partial charge is 0.142 e. The van der Waals surface area contributed by atoms with Gasteiger partial charge in [0, 0.05) is 37.3 Å². The maximum Gasteiger partial charge on any atom is 0.142 e. The third-order valence-electron chi connectivity index (χ3n) is 3.86. The minimum atomic E-state index is -0.171. The summed E-state index contributed by atoms with van der Waals surface area (Å²) < 4.78 is 1.96. The lowest BCUT2D eigenvalue weighted by Gasteiger charge is -2.27. The fourth-order valence-corrected chi connectivity index (χ4v) is 2.82. The van der Waals surface area contributed by atoms with Crippen LogP contribution in [0.4, 0.5) is 0 Å². The van der Waals surface area contributed by atoms with Crippen molar-refractivity contribution in [3.8, 4) is 5.75 Å². The van der Waals surface area contributed by atoms with E-state index in [4.69, 9.17) is 0 Å². The fourth-order valence-electron chi connectivity index (χ4n) is 2.82. The third kappa shape index (κ3) is 1.88. The Morgan fingerprint density at radius 2 is 2.25 bits per heavy atom. The van der Waals surface area contributed by atoms with Gasteiger partial charge in [0.05, 0.1) is 36.1 Å². The molecule has 0 spiro atoms. The summed E-state index contributed by atoms with van der Waals surface area (Å²) in [4.78, 5) is 8.51. The lowest BCUT2D eigenvalue weighted by Crippen LogP contribution is -2.32. The predicted octanol–water partition coefficient (Wildman–Crippen LogP) is 0.557. The first-order valence-electron chi connectivity index (χ1n) is 6.65. The molecule has 0 radical (unpaired) electrons. The Hall–Kier alpha value is -1.92. The van der Waals surface area contributed by atoms with E-state index in [-0.39, 0.29) is 18.4 Å². The topological polar surface area (TPSA) is 83.2 Å². The highest BCUT2D eigenvalue weighted by molar-refractivity contribution is 5.47. The van der Waals surface area contributed by atoms with Crippen LogP contribution in [0.15, 0.2) is 12.5 Å². The first-order valence-corrected chi connectivity index (χ1v) is 6.65. The molecule has 2 aromatic heterocycles. The molecule has 2 aromatic rings. The van der Waals surface area contributed by atoms with E-state index in [0.717, 1.165) is 24.4 Å². The zero-order chi connectivity index (χ0) is 14.3. The molecule has 0 bridgehead atoms. The molecule has 0 aliphatic carbocycles. The fraction of sp³-hybridized carbons (Fsp3) is 0.429. The summed E-state index contributed by atoms with van der Waals surface area (Å²) in [5.74, 6) is 0.142. The largest absolute Gasteiger partial charge is 0.506 e. The molecule has 3 heterocycles. The summed E-state index contributed by atoms with van der Waals surface area (Å²) in [6.45, 7) is 2.40. The molecule has 106 valence electrons. The first kappa shape index (κ1) is 13.1. The molecule has 0 aromatic carbocycles. The van der Waals surface area contributed by atoms with Crippen LogP contribution < -0.4 is 5.32 Å². The van der Waals surface area contributed by atoms with Crippen molar-refractivity contribution in [2.24, 2.45) is 7.05 Å². The van der Waals surface area contributed by atoms with Crippen molar-refractivity contribution in [1.29, 1.82) is 0 Å². The van der Waals surface area contributed by atoms with Crippen LogP contribution in [-0.4, -0.2) is 31.3 Å². The molecular formula is C14H18N4O2. The van der Waals surface area contributed by atoms with Crippen LogP contribution in [-0.2, 0) is 20.1 Å². The van der Waals surface area contributed by atoms with Crippen molar-refractivity contribution in [3.05, 3.63) is 40.7 Å². The van der Waals surface area contributed by atoms with Gasteiger partial charge in [-0.15, -0.1) is 0 Å². The number of rotatable bonds is 2. The quantitative estimate of drug-likeness (QED) is 0.745. The summed E-state index contributed by atoms with van der Waals surface area (Å²) in [6.07, 6.45) is 4.27. The van der Waals surface area contributed by atoms with Crippen molar-refractivity contribution in [1.82, 2.24) is 19.9 Å². The van der Waals surface area contributed by atoms with Crippen molar-refractivity contribution in [3.63, 3.8) is 0 Å². The van der Waals surface area contributed by atoms with E-state index in [0.29, 0.717) is 16.8 Å². The Labute approximate surface area is 117 Å². The second-order valence-corrected chi connectivity index (χ2v) is 5.11. The third-order valence-corrected chi connectivity index (χ3v) is 3.86. The Morgan fingerprint density at radius 1 is 1.45 bits per heavy atom. The summed E-state index contributed by atoms with van der Waals surface area (Å²) in [5.41, 5.74) is 3.97. The second kappa shape index (κ2) is 4.88. The molecule has 3 rings (SSSR count). The van der Waals surface area contributed by atoms with Crippen LogP contribution in [0.3, 0.4) is 0 Å². The van der Waals surface area contributed by atoms with Crippen molar-refractivity contribution < 1.29 is 10.2 Å². The number of fused-ring (bicyclic) bond motifs is 1. The second-order valence-electron chi connectivity index (χ2n) is 5.11. The number of pyridine rings is 1. The summed E-state index contributed by atoms with van der Waals surface area (Å²) in [6, 6.07) is -0.171. The number of hydrogen-bond donors (Lipinski definition) is 3. The van der Waals surface area contributed by atoms with Crippen LogP contribution in [0.5, 0.6) is 5.75 Å². The molecule has 3 N–H and O–H groups in total. The molecule has 0 saturated heterocycles. The van der Waals surface area contributed by atoms with E-state index in [1.807, 2.05) is 11.6 Å². The van der Waals surface area contributed by atoms with Crippen LogP contribution in [0.1, 0.15) is 34.3 Å². The molecule has 1 unspecified atom stereocenters. The van der Waals surface area contributed by atoms with Gasteiger partial charge in [0.25, 0.3) is 0 Å². The van der Waals surface area contributed by atoms with Crippen LogP contribution in [0, 0.1) is 6.92 Å². The predicted molar refractivity (Wildman–Crippen MR) is 73.3 cm³/mol. The Morgan fingerprint density at radius 3 is 3.00 bits per heavy atom. The monoisotopic (exact) mass is 274 g/mol. The van der Waals surface area contributed by atoms with E-state index in [1.165, 1.54) is 0 Å². The molecule has 0 fully saturated rings. The van der Waals surface area contributed by atoms with Gasteiger partial charge < -0.3 is 20.1 Å². The highest BCUT2D eigenvalue weighted by atomic mass is 16.3. The number of aromatic hydroxyl groups is 1. The SMILES string of the molecule is Cc1ncc(CO)c(C2NCCc3ncn(C)c32)c1O. The number of aromatic nitrogens is 3. The maximum absolute atomic E-state index is 10.4. The maximum atomic E-state index is 10.4. The first-order chi connectivity index (χ1) is 9.63. The minimum absolute atomic E-state index is 0.142. The number of aliphatic hydroxyl groups excluding tert-OH is 1. The molecule has 0 saturated carbocycles. The lowest BCUT2D eigenvalue weighted by molar-refractivity contribution is 0.277. The van der Waals surface area contributed by atoms with E-state index in [1.54, 1.807) is 19.4 Å². The van der Waals surface area contributed by atoms with Crippen LogP contribution >= 0.6 is 0 Å². The molecule has 0 amide bonds. The standard InChI is InChI=1S/C14H18N4O2/c1-8-14(20)11(9(6-19)5-16-8)12-13-10(3-4-15-12)17-7-18(13)2/h5,7,12,15,19-20H,3-4,6H2,1-2H3. The van der Waals surface area contributed by atoms with Gasteiger partial charge in [0.2, 0.25) is 0 Å². The molecule has 20 heavy (non-hydrogen) atoms. The van der Waals surface area contributed by atoms with Crippen molar-refractivity contribution >= 4 is 0 Å². The summed E-state index contributed by atoms with van der Waals surface area (Å²) in [7, 11) is 1.94. The molecule has 6 nitrogen and oxygen atoms in total. The number of nitrogens with one attached hydrogen (secondary N) is 1. The van der Waals surface area contributed by atoms with Crippen molar-refractivity contribution in [2.75, 3.05) is 6.54 Å². The highest BCUT2D eigenvalue weighted by Crippen LogP contribution is 2.36.